The molecule has 0 unspecified atom stereocenters. The Labute approximate surface area is 120 Å². The summed E-state index contributed by atoms with van der Waals surface area (Å²) >= 11 is 0. The fourth-order valence-corrected chi connectivity index (χ4v) is 2.36. The molecule has 0 heterocycles. The van der Waals surface area contributed by atoms with E-state index >= 15 is 0 Å². The van der Waals surface area contributed by atoms with Gasteiger partial charge in [-0.3, -0.25) is 10.4 Å². The minimum absolute atomic E-state index is 0.519. The van der Waals surface area contributed by atoms with Crippen molar-refractivity contribution in [1.82, 2.24) is 10.7 Å². The summed E-state index contributed by atoms with van der Waals surface area (Å²) < 4.78 is 5.61. The van der Waals surface area contributed by atoms with E-state index in [1.807, 2.05) is 30.3 Å². The first-order valence-corrected chi connectivity index (χ1v) is 7.34. The second-order valence-corrected chi connectivity index (χ2v) is 5.02. The van der Waals surface area contributed by atoms with E-state index in [1.165, 1.54) is 25.7 Å². The number of rotatable bonds is 6. The molecule has 1 aliphatic rings. The number of ether oxygens (including phenoxy) is 1. The summed E-state index contributed by atoms with van der Waals surface area (Å²) in [4.78, 5) is 4.43. The first-order valence-electron chi connectivity index (χ1n) is 7.34. The number of hydrogen-bond acceptors (Lipinski definition) is 3. The van der Waals surface area contributed by atoms with E-state index in [0.29, 0.717) is 25.2 Å². The fourth-order valence-electron chi connectivity index (χ4n) is 2.36. The number of nitrogens with two attached hydrogens (primary N) is 1. The molecule has 0 radical (unpaired) electrons. The number of aliphatic imine (C=N–C) groups is 1. The Bertz CT molecular complexity index is 402. The second kappa shape index (κ2) is 8.43. The average Bonchev–Trinajstić information content (AvgIpc) is 3.00. The molecule has 0 spiro atoms. The van der Waals surface area contributed by atoms with Crippen molar-refractivity contribution in [2.45, 2.75) is 38.1 Å². The van der Waals surface area contributed by atoms with Gasteiger partial charge >= 0.3 is 0 Å². The molecule has 1 aliphatic carbocycles. The standard InChI is InChI=1S/C15H24N4O/c16-19-15(18-13-7-4-5-8-13)17-11-6-12-20-14-9-2-1-3-10-14/h1-3,9-10,13H,4-8,11-12,16H2,(H2,17,18,19). The molecule has 5 nitrogen and oxygen atoms in total. The highest BCUT2D eigenvalue weighted by Gasteiger charge is 2.15. The Morgan fingerprint density at radius 2 is 2.00 bits per heavy atom. The predicted octanol–water partition coefficient (Wildman–Crippen LogP) is 1.81. The lowest BCUT2D eigenvalue weighted by Crippen LogP contribution is -2.45. The molecule has 1 fully saturated rings. The van der Waals surface area contributed by atoms with Gasteiger partial charge in [0.15, 0.2) is 0 Å². The summed E-state index contributed by atoms with van der Waals surface area (Å²) in [5, 5.41) is 3.35. The Kier molecular flexibility index (Phi) is 6.17. The van der Waals surface area contributed by atoms with Gasteiger partial charge in [0.05, 0.1) is 6.61 Å². The molecule has 110 valence electrons. The molecule has 5 heteroatoms. The molecule has 2 rings (SSSR count). The Balaban J connectivity index is 1.63. The molecule has 1 aromatic carbocycles. The van der Waals surface area contributed by atoms with Crippen LogP contribution in [0.25, 0.3) is 0 Å². The molecule has 0 aliphatic heterocycles. The van der Waals surface area contributed by atoms with Gasteiger partial charge in [-0.2, -0.15) is 0 Å². The molecule has 4 N–H and O–H groups in total. The summed E-state index contributed by atoms with van der Waals surface area (Å²) in [5.74, 6) is 7.07. The van der Waals surface area contributed by atoms with Crippen molar-refractivity contribution in [3.8, 4) is 5.75 Å². The van der Waals surface area contributed by atoms with Gasteiger partial charge in [-0.1, -0.05) is 31.0 Å². The zero-order chi connectivity index (χ0) is 14.0. The largest absolute Gasteiger partial charge is 0.494 e. The van der Waals surface area contributed by atoms with Gasteiger partial charge in [0.25, 0.3) is 0 Å². The maximum absolute atomic E-state index is 5.61. The van der Waals surface area contributed by atoms with Crippen molar-refractivity contribution < 1.29 is 4.74 Å². The van der Waals surface area contributed by atoms with Crippen LogP contribution in [0.5, 0.6) is 5.75 Å². The highest BCUT2D eigenvalue weighted by molar-refractivity contribution is 5.79. The van der Waals surface area contributed by atoms with Crippen LogP contribution in [0, 0.1) is 0 Å². The average molecular weight is 276 g/mol. The lowest BCUT2D eigenvalue weighted by atomic mass is 10.2. The SMILES string of the molecule is NNC(=NCCCOc1ccccc1)NC1CCCC1. The molecule has 0 bridgehead atoms. The van der Waals surface area contributed by atoms with Crippen LogP contribution < -0.4 is 21.3 Å². The van der Waals surface area contributed by atoms with Crippen molar-refractivity contribution in [2.75, 3.05) is 13.2 Å². The highest BCUT2D eigenvalue weighted by Crippen LogP contribution is 2.17. The smallest absolute Gasteiger partial charge is 0.205 e. The van der Waals surface area contributed by atoms with E-state index in [4.69, 9.17) is 10.6 Å². The van der Waals surface area contributed by atoms with Gasteiger partial charge in [-0.05, 0) is 25.0 Å². The Morgan fingerprint density at radius 1 is 1.25 bits per heavy atom. The third-order valence-electron chi connectivity index (χ3n) is 3.42. The van der Waals surface area contributed by atoms with Gasteiger partial charge in [-0.25, -0.2) is 5.84 Å². The van der Waals surface area contributed by atoms with Crippen molar-refractivity contribution in [2.24, 2.45) is 10.8 Å². The van der Waals surface area contributed by atoms with Gasteiger partial charge in [0, 0.05) is 19.0 Å². The lowest BCUT2D eigenvalue weighted by molar-refractivity contribution is 0.313. The van der Waals surface area contributed by atoms with Crippen LogP contribution in [0.2, 0.25) is 0 Å². The molecule has 0 amide bonds. The van der Waals surface area contributed by atoms with E-state index in [0.717, 1.165) is 12.2 Å². The topological polar surface area (TPSA) is 71.7 Å². The van der Waals surface area contributed by atoms with Crippen LogP contribution >= 0.6 is 0 Å². The van der Waals surface area contributed by atoms with Crippen molar-refractivity contribution in [3.63, 3.8) is 0 Å². The first-order chi connectivity index (χ1) is 9.88. The number of hydrazine groups is 1. The second-order valence-electron chi connectivity index (χ2n) is 5.02. The minimum Gasteiger partial charge on any atom is -0.494 e. The minimum atomic E-state index is 0.519. The monoisotopic (exact) mass is 276 g/mol. The van der Waals surface area contributed by atoms with E-state index < -0.39 is 0 Å². The normalized spacial score (nSPS) is 16.1. The van der Waals surface area contributed by atoms with Crippen LogP contribution in [0.3, 0.4) is 0 Å². The summed E-state index contributed by atoms with van der Waals surface area (Å²) in [6, 6.07) is 10.3. The molecule has 0 aromatic heterocycles. The maximum Gasteiger partial charge on any atom is 0.205 e. The molecule has 0 atom stereocenters. The number of para-hydroxylation sites is 1. The summed E-state index contributed by atoms with van der Waals surface area (Å²) in [7, 11) is 0. The molecular weight excluding hydrogens is 252 g/mol. The third-order valence-corrected chi connectivity index (χ3v) is 3.42. The summed E-state index contributed by atoms with van der Waals surface area (Å²) in [5.41, 5.74) is 2.64. The summed E-state index contributed by atoms with van der Waals surface area (Å²) in [6.07, 6.45) is 5.86. The number of hydrogen-bond donors (Lipinski definition) is 3. The molecular formula is C15H24N4O. The summed E-state index contributed by atoms with van der Waals surface area (Å²) in [6.45, 7) is 1.36. The van der Waals surface area contributed by atoms with Gasteiger partial charge in [0.2, 0.25) is 5.96 Å². The van der Waals surface area contributed by atoms with E-state index in [-0.39, 0.29) is 0 Å². The predicted molar refractivity (Wildman–Crippen MR) is 81.6 cm³/mol. The third kappa shape index (κ3) is 5.09. The number of nitrogens with one attached hydrogen (secondary N) is 2. The number of nitrogens with zero attached hydrogens (tertiary/aromatic N) is 1. The number of benzene rings is 1. The molecule has 20 heavy (non-hydrogen) atoms. The van der Waals surface area contributed by atoms with Crippen molar-refractivity contribution in [3.05, 3.63) is 30.3 Å². The van der Waals surface area contributed by atoms with E-state index in [2.05, 4.69) is 15.7 Å². The maximum atomic E-state index is 5.61. The van der Waals surface area contributed by atoms with Gasteiger partial charge in [-0.15, -0.1) is 0 Å². The van der Waals surface area contributed by atoms with E-state index in [1.54, 1.807) is 0 Å². The van der Waals surface area contributed by atoms with Crippen molar-refractivity contribution in [1.29, 1.82) is 0 Å². The lowest BCUT2D eigenvalue weighted by Gasteiger charge is -2.14. The van der Waals surface area contributed by atoms with Crippen LogP contribution in [0.4, 0.5) is 0 Å². The Hall–Kier alpha value is -1.75. The quantitative estimate of drug-likeness (QED) is 0.244. The zero-order valence-electron chi connectivity index (χ0n) is 11.8. The zero-order valence-corrected chi connectivity index (χ0v) is 11.8. The van der Waals surface area contributed by atoms with E-state index in [9.17, 15) is 0 Å². The van der Waals surface area contributed by atoms with Gasteiger partial charge in [0.1, 0.15) is 5.75 Å². The molecule has 1 aromatic rings. The van der Waals surface area contributed by atoms with Crippen molar-refractivity contribution >= 4 is 5.96 Å². The fraction of sp³-hybridized carbons (Fsp3) is 0.533. The highest BCUT2D eigenvalue weighted by atomic mass is 16.5. The van der Waals surface area contributed by atoms with Crippen LogP contribution in [-0.4, -0.2) is 25.2 Å². The molecule has 1 saturated carbocycles. The van der Waals surface area contributed by atoms with Crippen LogP contribution in [0.1, 0.15) is 32.1 Å². The first kappa shape index (κ1) is 14.7. The van der Waals surface area contributed by atoms with Crippen LogP contribution in [0.15, 0.2) is 35.3 Å². The number of guanidine groups is 1. The molecule has 0 saturated heterocycles. The Morgan fingerprint density at radius 3 is 2.70 bits per heavy atom. The van der Waals surface area contributed by atoms with Crippen LogP contribution in [-0.2, 0) is 0 Å². The van der Waals surface area contributed by atoms with Gasteiger partial charge < -0.3 is 10.1 Å².